The zero-order valence-electron chi connectivity index (χ0n) is 9.03. The van der Waals surface area contributed by atoms with Crippen LogP contribution in [0.5, 0.6) is 0 Å². The molecule has 1 N–H and O–H groups in total. The van der Waals surface area contributed by atoms with Gasteiger partial charge < -0.3 is 5.11 Å². The summed E-state index contributed by atoms with van der Waals surface area (Å²) in [6, 6.07) is 5.81. The largest absolute Gasteiger partial charge is 0.390 e. The van der Waals surface area contributed by atoms with E-state index >= 15 is 0 Å². The van der Waals surface area contributed by atoms with E-state index in [1.165, 1.54) is 0 Å². The Morgan fingerprint density at radius 2 is 2.21 bits per heavy atom. The van der Waals surface area contributed by atoms with Crippen molar-refractivity contribution in [3.8, 4) is 0 Å². The second-order valence-electron chi connectivity index (χ2n) is 4.10. The molecule has 2 nitrogen and oxygen atoms in total. The second kappa shape index (κ2) is 5.11. The zero-order valence-corrected chi connectivity index (χ0v) is 9.03. The fraction of sp³-hybridized carbons (Fsp3) is 0.583. The molecule has 0 spiro atoms. The molecule has 0 aromatic carbocycles. The maximum atomic E-state index is 10.1. The van der Waals surface area contributed by atoms with Crippen molar-refractivity contribution in [3.63, 3.8) is 0 Å². The van der Waals surface area contributed by atoms with Crippen molar-refractivity contribution < 1.29 is 5.11 Å². The Kier molecular flexibility index (Phi) is 4.08. The van der Waals surface area contributed by atoms with Gasteiger partial charge in [0.05, 0.1) is 5.60 Å². The fourth-order valence-electron chi connectivity index (χ4n) is 1.54. The summed E-state index contributed by atoms with van der Waals surface area (Å²) in [4.78, 5) is 4.21. The lowest BCUT2D eigenvalue weighted by Gasteiger charge is -2.22. The van der Waals surface area contributed by atoms with Crippen LogP contribution in [0.1, 0.15) is 38.8 Å². The van der Waals surface area contributed by atoms with Gasteiger partial charge in [0.25, 0.3) is 0 Å². The Labute approximate surface area is 86.0 Å². The Morgan fingerprint density at radius 1 is 1.43 bits per heavy atom. The molecule has 0 fully saturated rings. The molecular weight excluding hydrogens is 174 g/mol. The lowest BCUT2D eigenvalue weighted by Crippen LogP contribution is -2.27. The van der Waals surface area contributed by atoms with E-state index in [1.807, 2.05) is 25.1 Å². The molecule has 0 bridgehead atoms. The van der Waals surface area contributed by atoms with Crippen molar-refractivity contribution in [1.29, 1.82) is 0 Å². The Balaban J connectivity index is 2.50. The number of hydrogen-bond donors (Lipinski definition) is 1. The molecule has 78 valence electrons. The van der Waals surface area contributed by atoms with E-state index in [4.69, 9.17) is 0 Å². The summed E-state index contributed by atoms with van der Waals surface area (Å²) in [6.45, 7) is 4.02. The molecule has 0 saturated heterocycles. The van der Waals surface area contributed by atoms with Gasteiger partial charge in [-0.05, 0) is 25.5 Å². The molecule has 0 saturated carbocycles. The SMILES string of the molecule is CCCCC(C)(O)Cc1ccccn1. The molecule has 1 atom stereocenters. The second-order valence-corrected chi connectivity index (χ2v) is 4.10. The molecule has 1 aromatic heterocycles. The van der Waals surface area contributed by atoms with E-state index in [2.05, 4.69) is 11.9 Å². The zero-order chi connectivity index (χ0) is 10.4. The van der Waals surface area contributed by atoms with Crippen LogP contribution in [0.2, 0.25) is 0 Å². The number of aromatic nitrogens is 1. The first-order chi connectivity index (χ1) is 6.64. The minimum atomic E-state index is -0.607. The molecule has 2 heteroatoms. The van der Waals surface area contributed by atoms with Gasteiger partial charge in [0.1, 0.15) is 0 Å². The highest BCUT2D eigenvalue weighted by atomic mass is 16.3. The Bertz CT molecular complexity index is 256. The first kappa shape index (κ1) is 11.2. The first-order valence-electron chi connectivity index (χ1n) is 5.26. The summed E-state index contributed by atoms with van der Waals surface area (Å²) >= 11 is 0. The number of hydrogen-bond acceptors (Lipinski definition) is 2. The maximum absolute atomic E-state index is 10.1. The Hall–Kier alpha value is -0.890. The molecule has 0 aliphatic carbocycles. The number of pyridine rings is 1. The van der Waals surface area contributed by atoms with Crippen molar-refractivity contribution in [3.05, 3.63) is 30.1 Å². The third-order valence-electron chi connectivity index (χ3n) is 2.36. The average Bonchev–Trinajstić information content (AvgIpc) is 2.16. The Morgan fingerprint density at radius 3 is 2.79 bits per heavy atom. The van der Waals surface area contributed by atoms with Crippen molar-refractivity contribution in [2.24, 2.45) is 0 Å². The van der Waals surface area contributed by atoms with Crippen molar-refractivity contribution in [2.45, 2.75) is 45.1 Å². The maximum Gasteiger partial charge on any atom is 0.0675 e. The van der Waals surface area contributed by atoms with Crippen molar-refractivity contribution in [1.82, 2.24) is 4.98 Å². The van der Waals surface area contributed by atoms with E-state index in [-0.39, 0.29) is 0 Å². The van der Waals surface area contributed by atoms with Crippen LogP contribution in [-0.2, 0) is 6.42 Å². The molecule has 1 rings (SSSR count). The summed E-state index contributed by atoms with van der Waals surface area (Å²) < 4.78 is 0. The highest BCUT2D eigenvalue weighted by molar-refractivity contribution is 5.06. The fourth-order valence-corrected chi connectivity index (χ4v) is 1.54. The third-order valence-corrected chi connectivity index (χ3v) is 2.36. The minimum Gasteiger partial charge on any atom is -0.390 e. The monoisotopic (exact) mass is 193 g/mol. The third kappa shape index (κ3) is 3.88. The van der Waals surface area contributed by atoms with Crippen LogP contribution in [0.4, 0.5) is 0 Å². The van der Waals surface area contributed by atoms with Crippen LogP contribution in [0.25, 0.3) is 0 Å². The van der Waals surface area contributed by atoms with Gasteiger partial charge in [0.15, 0.2) is 0 Å². The topological polar surface area (TPSA) is 33.1 Å². The van der Waals surface area contributed by atoms with E-state index < -0.39 is 5.60 Å². The molecule has 1 heterocycles. The van der Waals surface area contributed by atoms with Crippen LogP contribution in [0.3, 0.4) is 0 Å². The number of rotatable bonds is 5. The van der Waals surface area contributed by atoms with Gasteiger partial charge >= 0.3 is 0 Å². The van der Waals surface area contributed by atoms with Gasteiger partial charge in [-0.1, -0.05) is 25.8 Å². The summed E-state index contributed by atoms with van der Waals surface area (Å²) in [6.07, 6.45) is 5.46. The molecule has 1 unspecified atom stereocenters. The van der Waals surface area contributed by atoms with Gasteiger partial charge in [-0.15, -0.1) is 0 Å². The smallest absolute Gasteiger partial charge is 0.0675 e. The van der Waals surface area contributed by atoms with Gasteiger partial charge in [0.2, 0.25) is 0 Å². The van der Waals surface area contributed by atoms with E-state index in [9.17, 15) is 5.11 Å². The van der Waals surface area contributed by atoms with Gasteiger partial charge in [0, 0.05) is 18.3 Å². The number of aliphatic hydroxyl groups is 1. The highest BCUT2D eigenvalue weighted by Crippen LogP contribution is 2.18. The van der Waals surface area contributed by atoms with Gasteiger partial charge in [-0.3, -0.25) is 4.98 Å². The first-order valence-corrected chi connectivity index (χ1v) is 5.26. The van der Waals surface area contributed by atoms with E-state index in [1.54, 1.807) is 6.20 Å². The normalized spacial score (nSPS) is 15.1. The van der Waals surface area contributed by atoms with Crippen molar-refractivity contribution in [2.75, 3.05) is 0 Å². The van der Waals surface area contributed by atoms with Gasteiger partial charge in [-0.2, -0.15) is 0 Å². The molecule has 0 radical (unpaired) electrons. The predicted octanol–water partition coefficient (Wildman–Crippen LogP) is 2.57. The molecule has 0 amide bonds. The lowest BCUT2D eigenvalue weighted by atomic mass is 9.93. The molecule has 14 heavy (non-hydrogen) atoms. The minimum absolute atomic E-state index is 0.607. The predicted molar refractivity (Wildman–Crippen MR) is 58.1 cm³/mol. The van der Waals surface area contributed by atoms with Crippen LogP contribution >= 0.6 is 0 Å². The van der Waals surface area contributed by atoms with Crippen molar-refractivity contribution >= 4 is 0 Å². The lowest BCUT2D eigenvalue weighted by molar-refractivity contribution is 0.0480. The summed E-state index contributed by atoms with van der Waals surface area (Å²) in [7, 11) is 0. The average molecular weight is 193 g/mol. The molecule has 0 aliphatic rings. The standard InChI is InChI=1S/C12H19NO/c1-3-4-8-12(2,14)10-11-7-5-6-9-13-11/h5-7,9,14H,3-4,8,10H2,1-2H3. The van der Waals surface area contributed by atoms with Gasteiger partial charge in [-0.25, -0.2) is 0 Å². The number of nitrogens with zero attached hydrogens (tertiary/aromatic N) is 1. The highest BCUT2D eigenvalue weighted by Gasteiger charge is 2.20. The van der Waals surface area contributed by atoms with Crippen LogP contribution < -0.4 is 0 Å². The van der Waals surface area contributed by atoms with Crippen LogP contribution in [-0.4, -0.2) is 15.7 Å². The quantitative estimate of drug-likeness (QED) is 0.779. The van der Waals surface area contributed by atoms with E-state index in [0.717, 1.165) is 25.0 Å². The molecular formula is C12H19NO. The summed E-state index contributed by atoms with van der Waals surface area (Å²) in [5, 5.41) is 10.1. The number of unbranched alkanes of at least 4 members (excludes halogenated alkanes) is 1. The van der Waals surface area contributed by atoms with E-state index in [0.29, 0.717) is 6.42 Å². The van der Waals surface area contributed by atoms with Crippen LogP contribution in [0, 0.1) is 0 Å². The van der Waals surface area contributed by atoms with Crippen LogP contribution in [0.15, 0.2) is 24.4 Å². The molecule has 0 aliphatic heterocycles. The molecule has 1 aromatic rings. The summed E-state index contributed by atoms with van der Waals surface area (Å²) in [5.41, 5.74) is 0.360. The summed E-state index contributed by atoms with van der Waals surface area (Å²) in [5.74, 6) is 0.